The summed E-state index contributed by atoms with van der Waals surface area (Å²) in [4.78, 5) is 0. The summed E-state index contributed by atoms with van der Waals surface area (Å²) < 4.78 is 5.37. The Morgan fingerprint density at radius 3 is 3.08 bits per heavy atom. The van der Waals surface area contributed by atoms with Gasteiger partial charge in [0.2, 0.25) is 0 Å². The molecule has 1 aliphatic rings. The molecule has 2 nitrogen and oxygen atoms in total. The van der Waals surface area contributed by atoms with Crippen molar-refractivity contribution in [3.63, 3.8) is 0 Å². The molecule has 1 aliphatic carbocycles. The second-order valence-corrected chi connectivity index (χ2v) is 3.82. The normalized spacial score (nSPS) is 28.6. The Kier molecular flexibility index (Phi) is 1.72. The van der Waals surface area contributed by atoms with E-state index < -0.39 is 0 Å². The van der Waals surface area contributed by atoms with Crippen molar-refractivity contribution in [3.8, 4) is 0 Å². The Labute approximate surface area is 72.2 Å². The summed E-state index contributed by atoms with van der Waals surface area (Å²) >= 11 is 0. The summed E-state index contributed by atoms with van der Waals surface area (Å²) in [6.45, 7) is 4.13. The van der Waals surface area contributed by atoms with Crippen molar-refractivity contribution in [2.24, 2.45) is 5.92 Å². The van der Waals surface area contributed by atoms with Gasteiger partial charge in [0.1, 0.15) is 5.76 Å². The zero-order chi connectivity index (χ0) is 8.72. The number of furan rings is 1. The second kappa shape index (κ2) is 2.63. The van der Waals surface area contributed by atoms with Crippen molar-refractivity contribution >= 4 is 0 Å². The highest BCUT2D eigenvalue weighted by molar-refractivity contribution is 5.31. The molecule has 2 atom stereocenters. The first-order valence-corrected chi connectivity index (χ1v) is 4.43. The molecule has 1 aromatic rings. The molecule has 0 spiro atoms. The number of aliphatic hydroxyl groups is 1. The Morgan fingerprint density at radius 2 is 2.33 bits per heavy atom. The maximum Gasteiger partial charge on any atom is 0.110 e. The maximum atomic E-state index is 9.74. The zero-order valence-corrected chi connectivity index (χ0v) is 7.50. The van der Waals surface area contributed by atoms with Crippen LogP contribution in [0.4, 0.5) is 0 Å². The van der Waals surface area contributed by atoms with Crippen LogP contribution in [0.2, 0.25) is 0 Å². The molecule has 0 saturated heterocycles. The Bertz CT molecular complexity index is 288. The third-order valence-corrected chi connectivity index (χ3v) is 2.60. The molecule has 2 heteroatoms. The first kappa shape index (κ1) is 7.87. The van der Waals surface area contributed by atoms with Crippen LogP contribution in [0, 0.1) is 12.8 Å². The largest absolute Gasteiger partial charge is 0.469 e. The second-order valence-electron chi connectivity index (χ2n) is 3.82. The van der Waals surface area contributed by atoms with Crippen molar-refractivity contribution in [1.82, 2.24) is 0 Å². The topological polar surface area (TPSA) is 33.4 Å². The highest BCUT2D eigenvalue weighted by Crippen LogP contribution is 2.35. The van der Waals surface area contributed by atoms with E-state index in [4.69, 9.17) is 4.42 Å². The molecule has 1 aromatic heterocycles. The van der Waals surface area contributed by atoms with Crippen molar-refractivity contribution < 1.29 is 9.52 Å². The first-order chi connectivity index (χ1) is 5.68. The van der Waals surface area contributed by atoms with Crippen LogP contribution in [-0.2, 0) is 6.42 Å². The summed E-state index contributed by atoms with van der Waals surface area (Å²) in [5.41, 5.74) is 2.12. The van der Waals surface area contributed by atoms with Gasteiger partial charge < -0.3 is 9.52 Å². The van der Waals surface area contributed by atoms with Gasteiger partial charge in [0, 0.05) is 12.0 Å². The highest BCUT2D eigenvalue weighted by atomic mass is 16.3. The molecule has 2 rings (SSSR count). The lowest BCUT2D eigenvalue weighted by atomic mass is 9.86. The van der Waals surface area contributed by atoms with E-state index in [1.165, 1.54) is 0 Å². The molecule has 12 heavy (non-hydrogen) atoms. The van der Waals surface area contributed by atoms with Crippen LogP contribution in [0.1, 0.15) is 36.3 Å². The molecule has 0 radical (unpaired) electrons. The molecule has 0 aromatic carbocycles. The summed E-state index contributed by atoms with van der Waals surface area (Å²) in [6.07, 6.45) is 3.28. The number of hydrogen-bond donors (Lipinski definition) is 1. The summed E-state index contributed by atoms with van der Waals surface area (Å²) in [5, 5.41) is 9.74. The third-order valence-electron chi connectivity index (χ3n) is 2.60. The van der Waals surface area contributed by atoms with Gasteiger partial charge in [0.25, 0.3) is 0 Å². The molecule has 0 amide bonds. The van der Waals surface area contributed by atoms with Gasteiger partial charge in [-0.1, -0.05) is 6.92 Å². The van der Waals surface area contributed by atoms with Crippen molar-refractivity contribution in [1.29, 1.82) is 0 Å². The number of fused-ring (bicyclic) bond motifs is 1. The van der Waals surface area contributed by atoms with E-state index >= 15 is 0 Å². The van der Waals surface area contributed by atoms with Crippen LogP contribution >= 0.6 is 0 Å². The third kappa shape index (κ3) is 1.07. The van der Waals surface area contributed by atoms with Gasteiger partial charge in [0.05, 0.1) is 12.4 Å². The van der Waals surface area contributed by atoms with E-state index in [2.05, 4.69) is 6.92 Å². The van der Waals surface area contributed by atoms with E-state index in [0.29, 0.717) is 5.92 Å². The standard InChI is InChI=1S/C10H14O2/c1-6-3-8(11)10-7(2)5-12-9(10)4-6/h5-6,8,11H,3-4H2,1-2H3/t6-,8-/m0/s1. The van der Waals surface area contributed by atoms with Crippen LogP contribution in [0.15, 0.2) is 10.7 Å². The SMILES string of the molecule is Cc1coc2c1[C@@H](O)C[C@H](C)C2. The quantitative estimate of drug-likeness (QED) is 0.641. The fourth-order valence-corrected chi connectivity index (χ4v) is 2.01. The van der Waals surface area contributed by atoms with Gasteiger partial charge in [-0.25, -0.2) is 0 Å². The molecular weight excluding hydrogens is 152 g/mol. The Balaban J connectivity index is 2.43. The minimum absolute atomic E-state index is 0.303. The van der Waals surface area contributed by atoms with Gasteiger partial charge >= 0.3 is 0 Å². The first-order valence-electron chi connectivity index (χ1n) is 4.43. The number of rotatable bonds is 0. The summed E-state index contributed by atoms with van der Waals surface area (Å²) in [7, 11) is 0. The molecule has 0 saturated carbocycles. The lowest BCUT2D eigenvalue weighted by Gasteiger charge is -2.22. The smallest absolute Gasteiger partial charge is 0.110 e. The fourth-order valence-electron chi connectivity index (χ4n) is 2.01. The number of hydrogen-bond acceptors (Lipinski definition) is 2. The average Bonchev–Trinajstić information content (AvgIpc) is 2.31. The van der Waals surface area contributed by atoms with Gasteiger partial charge in [-0.05, 0) is 24.8 Å². The molecular formula is C10H14O2. The molecule has 0 fully saturated rings. The number of aliphatic hydroxyl groups excluding tert-OH is 1. The lowest BCUT2D eigenvalue weighted by molar-refractivity contribution is 0.131. The predicted molar refractivity (Wildman–Crippen MR) is 45.9 cm³/mol. The highest BCUT2D eigenvalue weighted by Gasteiger charge is 2.27. The minimum Gasteiger partial charge on any atom is -0.469 e. The van der Waals surface area contributed by atoms with Crippen LogP contribution < -0.4 is 0 Å². The molecule has 0 bridgehead atoms. The average molecular weight is 166 g/mol. The van der Waals surface area contributed by atoms with E-state index in [1.807, 2.05) is 6.92 Å². The molecule has 0 unspecified atom stereocenters. The summed E-state index contributed by atoms with van der Waals surface area (Å²) in [6, 6.07) is 0. The van der Waals surface area contributed by atoms with Gasteiger partial charge in [-0.2, -0.15) is 0 Å². The lowest BCUT2D eigenvalue weighted by Crippen LogP contribution is -2.15. The van der Waals surface area contributed by atoms with E-state index in [9.17, 15) is 5.11 Å². The molecule has 66 valence electrons. The fraction of sp³-hybridized carbons (Fsp3) is 0.600. The van der Waals surface area contributed by atoms with Crippen molar-refractivity contribution in [3.05, 3.63) is 23.2 Å². The maximum absolute atomic E-state index is 9.74. The molecule has 1 heterocycles. The van der Waals surface area contributed by atoms with E-state index in [1.54, 1.807) is 6.26 Å². The van der Waals surface area contributed by atoms with E-state index in [-0.39, 0.29) is 6.10 Å². The minimum atomic E-state index is -0.303. The molecule has 0 aliphatic heterocycles. The zero-order valence-electron chi connectivity index (χ0n) is 7.50. The molecule has 1 N–H and O–H groups in total. The van der Waals surface area contributed by atoms with Crippen molar-refractivity contribution in [2.75, 3.05) is 0 Å². The Hall–Kier alpha value is -0.760. The van der Waals surface area contributed by atoms with Crippen LogP contribution in [0.5, 0.6) is 0 Å². The van der Waals surface area contributed by atoms with Crippen LogP contribution in [0.25, 0.3) is 0 Å². The van der Waals surface area contributed by atoms with Crippen LogP contribution in [-0.4, -0.2) is 5.11 Å². The predicted octanol–water partition coefficient (Wildman–Crippen LogP) is 2.20. The summed E-state index contributed by atoms with van der Waals surface area (Å²) in [5.74, 6) is 1.52. The van der Waals surface area contributed by atoms with Gasteiger partial charge in [0.15, 0.2) is 0 Å². The number of aryl methyl sites for hydroxylation is 1. The van der Waals surface area contributed by atoms with Crippen LogP contribution in [0.3, 0.4) is 0 Å². The van der Waals surface area contributed by atoms with Gasteiger partial charge in [-0.3, -0.25) is 0 Å². The van der Waals surface area contributed by atoms with Crippen molar-refractivity contribution in [2.45, 2.75) is 32.8 Å². The van der Waals surface area contributed by atoms with Gasteiger partial charge in [-0.15, -0.1) is 0 Å². The van der Waals surface area contributed by atoms with E-state index in [0.717, 1.165) is 29.7 Å². The Morgan fingerprint density at radius 1 is 1.58 bits per heavy atom. The monoisotopic (exact) mass is 166 g/mol.